The molecule has 0 spiro atoms. The second kappa shape index (κ2) is 7.50. The fraction of sp³-hybridized carbons (Fsp3) is 0.500. The molecule has 1 aromatic carbocycles. The maximum Gasteiger partial charge on any atom is 0.122 e. The predicted molar refractivity (Wildman–Crippen MR) is 69.6 cm³/mol. The number of hydrogen-bond donors (Lipinski definition) is 3. The topological polar surface area (TPSA) is 67.5 Å². The van der Waals surface area contributed by atoms with E-state index in [0.717, 1.165) is 24.3 Å². The van der Waals surface area contributed by atoms with E-state index in [4.69, 9.17) is 27.2 Å². The summed E-state index contributed by atoms with van der Waals surface area (Å²) in [4.78, 5) is 0. The fourth-order valence-corrected chi connectivity index (χ4v) is 1.71. The van der Waals surface area contributed by atoms with E-state index >= 15 is 0 Å². The second-order valence-corrected chi connectivity index (χ2v) is 4.29. The van der Waals surface area contributed by atoms with E-state index in [9.17, 15) is 0 Å². The molecule has 17 heavy (non-hydrogen) atoms. The molecule has 4 nitrogen and oxygen atoms in total. The first kappa shape index (κ1) is 14.3. The molecule has 0 aliphatic heterocycles. The standard InChI is InChI=1S/C12H19ClN2O2/c1-17-12-3-2-10(13)6-9(12)4-5-15-7-11(14)8-16/h2-3,6,11,15-16H,4-5,7-8,14H2,1H3. The maximum absolute atomic E-state index is 8.77. The van der Waals surface area contributed by atoms with Gasteiger partial charge in [-0.05, 0) is 36.7 Å². The van der Waals surface area contributed by atoms with Gasteiger partial charge in [0.2, 0.25) is 0 Å². The Morgan fingerprint density at radius 3 is 2.94 bits per heavy atom. The van der Waals surface area contributed by atoms with Crippen molar-refractivity contribution in [1.29, 1.82) is 0 Å². The zero-order valence-electron chi connectivity index (χ0n) is 9.95. The molecule has 0 radical (unpaired) electrons. The van der Waals surface area contributed by atoms with Crippen molar-refractivity contribution in [3.63, 3.8) is 0 Å². The van der Waals surface area contributed by atoms with Crippen molar-refractivity contribution < 1.29 is 9.84 Å². The Balaban J connectivity index is 2.42. The molecule has 1 atom stereocenters. The van der Waals surface area contributed by atoms with Crippen LogP contribution in [-0.4, -0.2) is 38.0 Å². The number of nitrogens with two attached hydrogens (primary N) is 1. The summed E-state index contributed by atoms with van der Waals surface area (Å²) >= 11 is 5.93. The summed E-state index contributed by atoms with van der Waals surface area (Å²) in [5.74, 6) is 0.836. The monoisotopic (exact) mass is 258 g/mol. The largest absolute Gasteiger partial charge is 0.496 e. The molecule has 0 fully saturated rings. The van der Waals surface area contributed by atoms with Crippen molar-refractivity contribution in [2.75, 3.05) is 26.8 Å². The highest BCUT2D eigenvalue weighted by Gasteiger charge is 2.04. The number of aliphatic hydroxyl groups excluding tert-OH is 1. The minimum absolute atomic E-state index is 0.00646. The number of halogens is 1. The second-order valence-electron chi connectivity index (χ2n) is 3.85. The van der Waals surface area contributed by atoms with Crippen LogP contribution in [0.2, 0.25) is 5.02 Å². The van der Waals surface area contributed by atoms with Gasteiger partial charge in [-0.2, -0.15) is 0 Å². The summed E-state index contributed by atoms with van der Waals surface area (Å²) in [6.45, 7) is 1.36. The lowest BCUT2D eigenvalue weighted by Crippen LogP contribution is -2.37. The third-order valence-corrected chi connectivity index (χ3v) is 2.69. The first-order chi connectivity index (χ1) is 8.17. The Morgan fingerprint density at radius 1 is 1.53 bits per heavy atom. The van der Waals surface area contributed by atoms with Crippen molar-refractivity contribution in [3.8, 4) is 5.75 Å². The highest BCUT2D eigenvalue weighted by atomic mass is 35.5. The summed E-state index contributed by atoms with van der Waals surface area (Å²) < 4.78 is 5.25. The summed E-state index contributed by atoms with van der Waals surface area (Å²) in [7, 11) is 1.64. The molecule has 1 aromatic rings. The van der Waals surface area contributed by atoms with Gasteiger partial charge in [0.25, 0.3) is 0 Å². The Bertz CT molecular complexity index is 347. The number of hydrogen-bond acceptors (Lipinski definition) is 4. The van der Waals surface area contributed by atoms with Crippen molar-refractivity contribution >= 4 is 11.6 Å². The van der Waals surface area contributed by atoms with Gasteiger partial charge in [-0.1, -0.05) is 11.6 Å². The van der Waals surface area contributed by atoms with Crippen molar-refractivity contribution in [3.05, 3.63) is 28.8 Å². The average Bonchev–Trinajstić information content (AvgIpc) is 2.34. The van der Waals surface area contributed by atoms with E-state index in [2.05, 4.69) is 5.32 Å². The Kier molecular flexibility index (Phi) is 6.29. The first-order valence-corrected chi connectivity index (χ1v) is 5.94. The van der Waals surface area contributed by atoms with Crippen LogP contribution >= 0.6 is 11.6 Å². The molecule has 0 aliphatic rings. The summed E-state index contributed by atoms with van der Waals surface area (Å²) in [5.41, 5.74) is 6.63. The minimum atomic E-state index is -0.212. The zero-order chi connectivity index (χ0) is 12.7. The lowest BCUT2D eigenvalue weighted by atomic mass is 10.1. The number of benzene rings is 1. The van der Waals surface area contributed by atoms with Gasteiger partial charge >= 0.3 is 0 Å². The SMILES string of the molecule is COc1ccc(Cl)cc1CCNCC(N)CO. The molecule has 5 heteroatoms. The van der Waals surface area contributed by atoms with Crippen LogP contribution < -0.4 is 15.8 Å². The van der Waals surface area contributed by atoms with Crippen molar-refractivity contribution in [2.45, 2.75) is 12.5 Å². The molecule has 4 N–H and O–H groups in total. The molecular weight excluding hydrogens is 240 g/mol. The lowest BCUT2D eigenvalue weighted by Gasteiger charge is -2.11. The van der Waals surface area contributed by atoms with Gasteiger partial charge in [-0.25, -0.2) is 0 Å². The highest BCUT2D eigenvalue weighted by molar-refractivity contribution is 6.30. The highest BCUT2D eigenvalue weighted by Crippen LogP contribution is 2.22. The molecule has 0 bridgehead atoms. The van der Waals surface area contributed by atoms with E-state index in [1.807, 2.05) is 12.1 Å². The minimum Gasteiger partial charge on any atom is -0.496 e. The Hall–Kier alpha value is -0.810. The maximum atomic E-state index is 8.77. The Labute approximate surface area is 107 Å². The van der Waals surface area contributed by atoms with E-state index in [-0.39, 0.29) is 12.6 Å². The smallest absolute Gasteiger partial charge is 0.122 e. The van der Waals surface area contributed by atoms with E-state index in [1.54, 1.807) is 13.2 Å². The summed E-state index contributed by atoms with van der Waals surface area (Å²) in [6, 6.07) is 5.35. The number of methoxy groups -OCH3 is 1. The quantitative estimate of drug-likeness (QED) is 0.633. The molecule has 0 saturated carbocycles. The Morgan fingerprint density at radius 2 is 2.29 bits per heavy atom. The number of nitrogens with one attached hydrogen (secondary N) is 1. The predicted octanol–water partition coefficient (Wildman–Crippen LogP) is 0.800. The summed E-state index contributed by atoms with van der Waals surface area (Å²) in [6.07, 6.45) is 0.807. The number of aliphatic hydroxyl groups is 1. The zero-order valence-corrected chi connectivity index (χ0v) is 10.7. The van der Waals surface area contributed by atoms with E-state index < -0.39 is 0 Å². The van der Waals surface area contributed by atoms with Crippen LogP contribution in [0.15, 0.2) is 18.2 Å². The molecule has 1 unspecified atom stereocenters. The van der Waals surface area contributed by atoms with Gasteiger partial charge in [-0.15, -0.1) is 0 Å². The molecule has 0 heterocycles. The van der Waals surface area contributed by atoms with Crippen molar-refractivity contribution in [2.24, 2.45) is 5.73 Å². The van der Waals surface area contributed by atoms with Crippen molar-refractivity contribution in [1.82, 2.24) is 5.32 Å². The normalized spacial score (nSPS) is 12.5. The molecule has 96 valence electrons. The summed E-state index contributed by atoms with van der Waals surface area (Å²) in [5, 5.41) is 12.6. The van der Waals surface area contributed by atoms with Gasteiger partial charge in [0.1, 0.15) is 5.75 Å². The average molecular weight is 259 g/mol. The lowest BCUT2D eigenvalue weighted by molar-refractivity contribution is 0.262. The van der Waals surface area contributed by atoms with Gasteiger partial charge in [0.05, 0.1) is 13.7 Å². The first-order valence-electron chi connectivity index (χ1n) is 5.57. The van der Waals surface area contributed by atoms with Crippen LogP contribution in [-0.2, 0) is 6.42 Å². The molecule has 0 saturated heterocycles. The molecule has 0 amide bonds. The number of rotatable bonds is 7. The van der Waals surface area contributed by atoms with Crippen LogP contribution in [0, 0.1) is 0 Å². The molecular formula is C12H19ClN2O2. The molecule has 0 aliphatic carbocycles. The fourth-order valence-electron chi connectivity index (χ4n) is 1.52. The van der Waals surface area contributed by atoms with Gasteiger partial charge < -0.3 is 20.9 Å². The molecule has 1 rings (SSSR count). The van der Waals surface area contributed by atoms with Crippen LogP contribution in [0.4, 0.5) is 0 Å². The van der Waals surface area contributed by atoms with Crippen LogP contribution in [0.25, 0.3) is 0 Å². The van der Waals surface area contributed by atoms with Crippen LogP contribution in [0.5, 0.6) is 5.75 Å². The van der Waals surface area contributed by atoms with Crippen LogP contribution in [0.3, 0.4) is 0 Å². The molecule has 0 aromatic heterocycles. The van der Waals surface area contributed by atoms with E-state index in [1.165, 1.54) is 0 Å². The van der Waals surface area contributed by atoms with E-state index in [0.29, 0.717) is 11.6 Å². The third kappa shape index (κ3) is 4.91. The van der Waals surface area contributed by atoms with Gasteiger partial charge in [-0.3, -0.25) is 0 Å². The van der Waals surface area contributed by atoms with Gasteiger partial charge in [0, 0.05) is 17.6 Å². The van der Waals surface area contributed by atoms with Gasteiger partial charge in [0.15, 0.2) is 0 Å². The third-order valence-electron chi connectivity index (χ3n) is 2.45. The number of ether oxygens (including phenoxy) is 1. The van der Waals surface area contributed by atoms with Crippen LogP contribution in [0.1, 0.15) is 5.56 Å².